The Hall–Kier alpha value is -1.65. The zero-order valence-corrected chi connectivity index (χ0v) is 11.7. The number of halogens is 3. The maximum absolute atomic E-state index is 13.6. The number of rotatable bonds is 3. The number of benzene rings is 2. The SMILES string of the molecule is CC(C)(O)c1ccc(Cl)cc1Oc1ccc(F)cc1F. The molecule has 2 rings (SSSR count). The lowest BCUT2D eigenvalue weighted by Crippen LogP contribution is -2.16. The highest BCUT2D eigenvalue weighted by Crippen LogP contribution is 2.35. The molecule has 20 heavy (non-hydrogen) atoms. The van der Waals surface area contributed by atoms with E-state index in [1.165, 1.54) is 12.1 Å². The summed E-state index contributed by atoms with van der Waals surface area (Å²) >= 11 is 5.88. The standard InChI is InChI=1S/C15H13ClF2O2/c1-15(2,19)11-5-3-9(16)7-14(11)20-13-6-4-10(17)8-12(13)18/h3-8,19H,1-2H3. The molecule has 0 aliphatic heterocycles. The average molecular weight is 299 g/mol. The van der Waals surface area contributed by atoms with E-state index in [1.54, 1.807) is 26.0 Å². The van der Waals surface area contributed by atoms with Crippen LogP contribution in [0.15, 0.2) is 36.4 Å². The predicted molar refractivity (Wildman–Crippen MR) is 73.1 cm³/mol. The maximum atomic E-state index is 13.6. The summed E-state index contributed by atoms with van der Waals surface area (Å²) < 4.78 is 31.9. The van der Waals surface area contributed by atoms with Crippen LogP contribution in [0.4, 0.5) is 8.78 Å². The summed E-state index contributed by atoms with van der Waals surface area (Å²) in [7, 11) is 0. The second-order valence-corrected chi connectivity index (χ2v) is 5.31. The lowest BCUT2D eigenvalue weighted by molar-refractivity contribution is 0.0762. The molecule has 1 N–H and O–H groups in total. The maximum Gasteiger partial charge on any atom is 0.168 e. The van der Waals surface area contributed by atoms with E-state index < -0.39 is 17.2 Å². The van der Waals surface area contributed by atoms with Crippen LogP contribution in [0.5, 0.6) is 11.5 Å². The van der Waals surface area contributed by atoms with E-state index in [9.17, 15) is 13.9 Å². The van der Waals surface area contributed by atoms with E-state index in [4.69, 9.17) is 16.3 Å². The van der Waals surface area contributed by atoms with Gasteiger partial charge in [0.2, 0.25) is 0 Å². The van der Waals surface area contributed by atoms with E-state index in [0.717, 1.165) is 12.1 Å². The Morgan fingerprint density at radius 1 is 1.05 bits per heavy atom. The minimum atomic E-state index is -1.18. The van der Waals surface area contributed by atoms with Crippen LogP contribution in [-0.4, -0.2) is 5.11 Å². The molecule has 0 heterocycles. The fourth-order valence-electron chi connectivity index (χ4n) is 1.76. The molecule has 0 aromatic heterocycles. The number of hydrogen-bond acceptors (Lipinski definition) is 2. The Morgan fingerprint density at radius 3 is 2.35 bits per heavy atom. The molecule has 2 aromatic rings. The van der Waals surface area contributed by atoms with Gasteiger partial charge in [-0.1, -0.05) is 17.7 Å². The number of aliphatic hydroxyl groups is 1. The van der Waals surface area contributed by atoms with Gasteiger partial charge in [0.15, 0.2) is 11.6 Å². The van der Waals surface area contributed by atoms with Crippen LogP contribution < -0.4 is 4.74 Å². The van der Waals surface area contributed by atoms with E-state index in [0.29, 0.717) is 10.6 Å². The molecule has 106 valence electrons. The molecule has 0 fully saturated rings. The monoisotopic (exact) mass is 298 g/mol. The van der Waals surface area contributed by atoms with E-state index in [1.807, 2.05) is 0 Å². The van der Waals surface area contributed by atoms with Crippen molar-refractivity contribution in [2.75, 3.05) is 0 Å². The van der Waals surface area contributed by atoms with Crippen molar-refractivity contribution >= 4 is 11.6 Å². The summed E-state index contributed by atoms with van der Waals surface area (Å²) in [5.41, 5.74) is -0.734. The quantitative estimate of drug-likeness (QED) is 0.894. The summed E-state index contributed by atoms with van der Waals surface area (Å²) in [5.74, 6) is -1.44. The third-order valence-corrected chi connectivity index (χ3v) is 2.95. The van der Waals surface area contributed by atoms with Gasteiger partial charge in [0.05, 0.1) is 5.60 Å². The lowest BCUT2D eigenvalue weighted by Gasteiger charge is -2.21. The lowest BCUT2D eigenvalue weighted by atomic mass is 9.97. The fourth-order valence-corrected chi connectivity index (χ4v) is 1.92. The van der Waals surface area contributed by atoms with Crippen molar-refractivity contribution < 1.29 is 18.6 Å². The number of ether oxygens (including phenoxy) is 1. The van der Waals surface area contributed by atoms with E-state index in [2.05, 4.69) is 0 Å². The Balaban J connectivity index is 2.45. The second-order valence-electron chi connectivity index (χ2n) is 4.88. The van der Waals surface area contributed by atoms with Crippen LogP contribution in [0.25, 0.3) is 0 Å². The number of hydrogen-bond donors (Lipinski definition) is 1. The molecule has 0 atom stereocenters. The topological polar surface area (TPSA) is 29.5 Å². The fraction of sp³-hybridized carbons (Fsp3) is 0.200. The predicted octanol–water partition coefficient (Wildman–Crippen LogP) is 4.64. The molecule has 0 saturated carbocycles. The Labute approximate surface area is 120 Å². The first kappa shape index (κ1) is 14.8. The summed E-state index contributed by atoms with van der Waals surface area (Å²) in [6.07, 6.45) is 0. The van der Waals surface area contributed by atoms with Crippen LogP contribution in [-0.2, 0) is 5.60 Å². The molecule has 0 unspecified atom stereocenters. The highest BCUT2D eigenvalue weighted by molar-refractivity contribution is 6.30. The normalized spacial score (nSPS) is 11.5. The van der Waals surface area contributed by atoms with Crippen molar-refractivity contribution in [1.29, 1.82) is 0 Å². The summed E-state index contributed by atoms with van der Waals surface area (Å²) in [5, 5.41) is 10.5. The van der Waals surface area contributed by atoms with Crippen LogP contribution >= 0.6 is 11.6 Å². The van der Waals surface area contributed by atoms with Gasteiger partial charge in [-0.25, -0.2) is 8.78 Å². The summed E-state index contributed by atoms with van der Waals surface area (Å²) in [6, 6.07) is 7.66. The Morgan fingerprint density at radius 2 is 1.75 bits per heavy atom. The zero-order chi connectivity index (χ0) is 14.9. The minimum Gasteiger partial charge on any atom is -0.454 e. The molecular weight excluding hydrogens is 286 g/mol. The first-order valence-electron chi connectivity index (χ1n) is 5.92. The average Bonchev–Trinajstić information content (AvgIpc) is 2.31. The van der Waals surface area contributed by atoms with Crippen molar-refractivity contribution in [3.8, 4) is 11.5 Å². The molecule has 2 nitrogen and oxygen atoms in total. The van der Waals surface area contributed by atoms with E-state index in [-0.39, 0.29) is 11.5 Å². The van der Waals surface area contributed by atoms with Gasteiger partial charge in [0, 0.05) is 16.7 Å². The van der Waals surface area contributed by atoms with Gasteiger partial charge in [-0.05, 0) is 38.1 Å². The van der Waals surface area contributed by atoms with Gasteiger partial charge < -0.3 is 9.84 Å². The van der Waals surface area contributed by atoms with Crippen LogP contribution in [0.2, 0.25) is 5.02 Å². The largest absolute Gasteiger partial charge is 0.454 e. The zero-order valence-electron chi connectivity index (χ0n) is 11.0. The Kier molecular flexibility index (Phi) is 3.97. The van der Waals surface area contributed by atoms with E-state index >= 15 is 0 Å². The van der Waals surface area contributed by atoms with Crippen LogP contribution in [0.1, 0.15) is 19.4 Å². The van der Waals surface area contributed by atoms with Crippen LogP contribution in [0, 0.1) is 11.6 Å². The highest BCUT2D eigenvalue weighted by atomic mass is 35.5. The molecule has 0 amide bonds. The van der Waals surface area contributed by atoms with Gasteiger partial charge in [0.25, 0.3) is 0 Å². The van der Waals surface area contributed by atoms with Gasteiger partial charge in [-0.3, -0.25) is 0 Å². The van der Waals surface area contributed by atoms with Gasteiger partial charge >= 0.3 is 0 Å². The van der Waals surface area contributed by atoms with Gasteiger partial charge in [0.1, 0.15) is 11.6 Å². The van der Waals surface area contributed by atoms with Crippen molar-refractivity contribution in [3.05, 3.63) is 58.6 Å². The molecule has 0 spiro atoms. The molecule has 0 radical (unpaired) electrons. The molecule has 5 heteroatoms. The molecular formula is C15H13ClF2O2. The third kappa shape index (κ3) is 3.26. The van der Waals surface area contributed by atoms with Crippen molar-refractivity contribution in [1.82, 2.24) is 0 Å². The van der Waals surface area contributed by atoms with Crippen LogP contribution in [0.3, 0.4) is 0 Å². The third-order valence-electron chi connectivity index (χ3n) is 2.72. The molecule has 0 bridgehead atoms. The van der Waals surface area contributed by atoms with Crippen molar-refractivity contribution in [3.63, 3.8) is 0 Å². The summed E-state index contributed by atoms with van der Waals surface area (Å²) in [6.45, 7) is 3.15. The minimum absolute atomic E-state index is 0.140. The smallest absolute Gasteiger partial charge is 0.168 e. The first-order valence-corrected chi connectivity index (χ1v) is 6.30. The van der Waals surface area contributed by atoms with Crippen molar-refractivity contribution in [2.24, 2.45) is 0 Å². The Bertz CT molecular complexity index is 636. The molecule has 2 aromatic carbocycles. The summed E-state index contributed by atoms with van der Waals surface area (Å²) in [4.78, 5) is 0. The molecule has 0 aliphatic carbocycles. The molecule has 0 aliphatic rings. The van der Waals surface area contributed by atoms with Crippen molar-refractivity contribution in [2.45, 2.75) is 19.4 Å². The van der Waals surface area contributed by atoms with Gasteiger partial charge in [-0.2, -0.15) is 0 Å². The molecule has 0 saturated heterocycles. The van der Waals surface area contributed by atoms with Gasteiger partial charge in [-0.15, -0.1) is 0 Å². The first-order chi connectivity index (χ1) is 9.27. The highest BCUT2D eigenvalue weighted by Gasteiger charge is 2.22. The second kappa shape index (κ2) is 5.38.